The third-order valence-electron chi connectivity index (χ3n) is 9.47. The predicted molar refractivity (Wildman–Crippen MR) is 189 cm³/mol. The van der Waals surface area contributed by atoms with Crippen molar-refractivity contribution in [1.82, 2.24) is 30.8 Å². The molecule has 0 spiro atoms. The van der Waals surface area contributed by atoms with Gasteiger partial charge in [-0.15, -0.1) is 0 Å². The number of nitrogens with one attached hydrogen (secondary N) is 4. The van der Waals surface area contributed by atoms with Crippen molar-refractivity contribution in [3.8, 4) is 5.75 Å². The van der Waals surface area contributed by atoms with E-state index in [0.29, 0.717) is 41.4 Å². The van der Waals surface area contributed by atoms with Gasteiger partial charge in [0.1, 0.15) is 23.9 Å². The Morgan fingerprint density at radius 2 is 1.83 bits per heavy atom. The first-order valence-corrected chi connectivity index (χ1v) is 16.9. The zero-order valence-electron chi connectivity index (χ0n) is 29.2. The number of aromatic nitrogens is 2. The minimum atomic E-state index is -1.02. The number of piperidine rings is 1. The molecule has 0 radical (unpaired) electrons. The maximum absolute atomic E-state index is 14.6. The number of likely N-dealkylation sites (tertiary alicyclic amines) is 1. The van der Waals surface area contributed by atoms with Crippen LogP contribution < -0.4 is 30.9 Å². The Balaban J connectivity index is 1.55. The van der Waals surface area contributed by atoms with E-state index in [-0.39, 0.29) is 11.6 Å². The molecule has 1 aromatic heterocycles. The number of anilines is 3. The van der Waals surface area contributed by atoms with Crippen LogP contribution in [0.2, 0.25) is 0 Å². The van der Waals surface area contributed by atoms with E-state index >= 15 is 0 Å². The summed E-state index contributed by atoms with van der Waals surface area (Å²) >= 11 is 0. The molecule has 0 bridgehead atoms. The summed E-state index contributed by atoms with van der Waals surface area (Å²) in [6.07, 6.45) is 5.24. The number of likely N-dealkylation sites (N-methyl/N-ethyl adjacent to an activating group) is 2. The standard InChI is InChI=1S/C36H50N8O4/c1-22(37-5)33(45)42-31(36(2,3)4)35(47)44(34(46)27-11-8-16-38-27)29-18-26-28(19-30(29)48-7)39-21-40-32(26)41-25-14-12-23(13-15-25)24-10-9-17-43(6)20-24/h12-15,18-19,21-22,24,27,31,37-38H,8-11,16-17,20H2,1-7H3,(H,42,45)(H,39,40,41)/t22-,24?,27-,31+/m0/s1. The molecule has 2 aliphatic rings. The van der Waals surface area contributed by atoms with Crippen molar-refractivity contribution in [2.75, 3.05) is 51.1 Å². The number of benzene rings is 2. The number of hydrogen-bond donors (Lipinski definition) is 4. The molecule has 3 amide bonds. The number of fused-ring (bicyclic) bond motifs is 1. The first-order valence-electron chi connectivity index (χ1n) is 16.9. The van der Waals surface area contributed by atoms with Crippen LogP contribution in [-0.2, 0) is 14.4 Å². The highest BCUT2D eigenvalue weighted by molar-refractivity contribution is 6.20. The maximum atomic E-state index is 14.6. The summed E-state index contributed by atoms with van der Waals surface area (Å²) in [4.78, 5) is 54.6. The average molecular weight is 659 g/mol. The van der Waals surface area contributed by atoms with Crippen LogP contribution >= 0.6 is 0 Å². The van der Waals surface area contributed by atoms with Crippen LogP contribution in [0.25, 0.3) is 10.9 Å². The Labute approximate surface area is 283 Å². The minimum Gasteiger partial charge on any atom is -0.494 e. The molecule has 4 N–H and O–H groups in total. The molecule has 3 aromatic rings. The highest BCUT2D eigenvalue weighted by atomic mass is 16.5. The van der Waals surface area contributed by atoms with Gasteiger partial charge in [0, 0.05) is 23.7 Å². The van der Waals surface area contributed by atoms with Crippen LogP contribution in [0, 0.1) is 5.41 Å². The van der Waals surface area contributed by atoms with E-state index in [2.05, 4.69) is 67.4 Å². The number of hydrogen-bond acceptors (Lipinski definition) is 10. The summed E-state index contributed by atoms with van der Waals surface area (Å²) in [6.45, 7) is 10.2. The molecule has 2 fully saturated rings. The quantitative estimate of drug-likeness (QED) is 0.253. The van der Waals surface area contributed by atoms with Crippen LogP contribution in [0.15, 0.2) is 42.7 Å². The fourth-order valence-corrected chi connectivity index (χ4v) is 6.50. The number of ether oxygens (including phenoxy) is 1. The van der Waals surface area contributed by atoms with Crippen molar-refractivity contribution in [2.45, 2.75) is 77.4 Å². The van der Waals surface area contributed by atoms with E-state index in [1.807, 2.05) is 20.8 Å². The van der Waals surface area contributed by atoms with Crippen LogP contribution in [0.1, 0.15) is 64.9 Å². The van der Waals surface area contributed by atoms with Crippen LogP contribution in [0.4, 0.5) is 17.2 Å². The number of nitrogens with zero attached hydrogens (tertiary/aromatic N) is 4. The van der Waals surface area contributed by atoms with E-state index in [0.717, 1.165) is 25.2 Å². The Hall–Kier alpha value is -4.13. The van der Waals surface area contributed by atoms with Gasteiger partial charge in [0.25, 0.3) is 11.8 Å². The summed E-state index contributed by atoms with van der Waals surface area (Å²) < 4.78 is 5.79. The van der Waals surface area contributed by atoms with Crippen molar-refractivity contribution in [3.05, 3.63) is 48.3 Å². The first-order chi connectivity index (χ1) is 22.9. The molecule has 0 saturated carbocycles. The smallest absolute Gasteiger partial charge is 0.257 e. The molecule has 258 valence electrons. The van der Waals surface area contributed by atoms with Gasteiger partial charge in [-0.2, -0.15) is 0 Å². The van der Waals surface area contributed by atoms with E-state index in [9.17, 15) is 14.4 Å². The minimum absolute atomic E-state index is 0.258. The lowest BCUT2D eigenvalue weighted by Gasteiger charge is -2.36. The molecule has 4 atom stereocenters. The number of imide groups is 1. The number of rotatable bonds is 10. The summed E-state index contributed by atoms with van der Waals surface area (Å²) in [6, 6.07) is 9.75. The summed E-state index contributed by atoms with van der Waals surface area (Å²) in [7, 11) is 5.34. The Morgan fingerprint density at radius 1 is 1.08 bits per heavy atom. The summed E-state index contributed by atoms with van der Waals surface area (Å²) in [5.41, 5.74) is 2.28. The molecule has 3 heterocycles. The van der Waals surface area contributed by atoms with Gasteiger partial charge < -0.3 is 30.9 Å². The van der Waals surface area contributed by atoms with Gasteiger partial charge in [-0.05, 0) is 94.9 Å². The average Bonchev–Trinajstić information content (AvgIpc) is 3.62. The summed E-state index contributed by atoms with van der Waals surface area (Å²) in [5, 5.41) is 13.1. The van der Waals surface area contributed by atoms with E-state index in [1.54, 1.807) is 26.1 Å². The van der Waals surface area contributed by atoms with Gasteiger partial charge in [-0.1, -0.05) is 32.9 Å². The van der Waals surface area contributed by atoms with E-state index in [1.165, 1.54) is 36.7 Å². The third kappa shape index (κ3) is 7.77. The molecule has 2 aliphatic heterocycles. The highest BCUT2D eigenvalue weighted by Gasteiger charge is 2.42. The topological polar surface area (TPSA) is 141 Å². The summed E-state index contributed by atoms with van der Waals surface area (Å²) in [5.74, 6) is 0.0318. The monoisotopic (exact) mass is 658 g/mol. The second kappa shape index (κ2) is 15.0. The molecule has 2 saturated heterocycles. The van der Waals surface area contributed by atoms with Crippen molar-refractivity contribution in [2.24, 2.45) is 5.41 Å². The molecule has 5 rings (SSSR count). The Bertz CT molecular complexity index is 1620. The Kier molecular flexibility index (Phi) is 11.0. The molecular weight excluding hydrogens is 608 g/mol. The lowest BCUT2D eigenvalue weighted by molar-refractivity contribution is -0.134. The van der Waals surface area contributed by atoms with Crippen molar-refractivity contribution >= 4 is 45.8 Å². The molecule has 0 aliphatic carbocycles. The van der Waals surface area contributed by atoms with E-state index in [4.69, 9.17) is 4.74 Å². The highest BCUT2D eigenvalue weighted by Crippen LogP contribution is 2.38. The number of amides is 3. The maximum Gasteiger partial charge on any atom is 0.257 e. The molecule has 1 unspecified atom stereocenters. The molecule has 2 aromatic carbocycles. The van der Waals surface area contributed by atoms with Crippen molar-refractivity contribution in [3.63, 3.8) is 0 Å². The molecular formula is C36H50N8O4. The van der Waals surface area contributed by atoms with Crippen LogP contribution in [-0.4, -0.2) is 91.6 Å². The van der Waals surface area contributed by atoms with E-state index < -0.39 is 35.4 Å². The van der Waals surface area contributed by atoms with Gasteiger partial charge in [-0.3, -0.25) is 14.4 Å². The zero-order valence-corrected chi connectivity index (χ0v) is 29.2. The molecule has 12 nitrogen and oxygen atoms in total. The zero-order chi connectivity index (χ0) is 34.6. The third-order valence-corrected chi connectivity index (χ3v) is 9.47. The van der Waals surface area contributed by atoms with Crippen molar-refractivity contribution in [1.29, 1.82) is 0 Å². The van der Waals surface area contributed by atoms with Crippen LogP contribution in [0.3, 0.4) is 0 Å². The second-order valence-corrected chi connectivity index (χ2v) is 14.1. The SMILES string of the molecule is CN[C@@H](C)C(=O)N[C@H](C(=O)N(C(=O)[C@@H]1CCCN1)c1cc2c(Nc3ccc(C4CCCN(C)C4)cc3)ncnc2cc1OC)C(C)(C)C. The van der Waals surface area contributed by atoms with Gasteiger partial charge in [0.05, 0.1) is 30.4 Å². The predicted octanol–water partition coefficient (Wildman–Crippen LogP) is 3.94. The van der Waals surface area contributed by atoms with Gasteiger partial charge in [0.15, 0.2) is 0 Å². The van der Waals surface area contributed by atoms with Gasteiger partial charge >= 0.3 is 0 Å². The lowest BCUT2D eigenvalue weighted by atomic mass is 9.85. The number of carbonyl (C=O) groups is 3. The fourth-order valence-electron chi connectivity index (χ4n) is 6.50. The second-order valence-electron chi connectivity index (χ2n) is 14.1. The number of carbonyl (C=O) groups excluding carboxylic acids is 3. The van der Waals surface area contributed by atoms with Crippen LogP contribution in [0.5, 0.6) is 5.75 Å². The Morgan fingerprint density at radius 3 is 2.46 bits per heavy atom. The number of methoxy groups -OCH3 is 1. The largest absolute Gasteiger partial charge is 0.494 e. The first kappa shape index (κ1) is 35.2. The normalized spacial score (nSPS) is 19.8. The van der Waals surface area contributed by atoms with Crippen molar-refractivity contribution < 1.29 is 19.1 Å². The molecule has 48 heavy (non-hydrogen) atoms. The van der Waals surface area contributed by atoms with Gasteiger partial charge in [-0.25, -0.2) is 14.9 Å². The van der Waals surface area contributed by atoms with Gasteiger partial charge in [0.2, 0.25) is 5.91 Å². The molecule has 12 heteroatoms. The lowest BCUT2D eigenvalue weighted by Crippen LogP contribution is -2.60. The fraction of sp³-hybridized carbons (Fsp3) is 0.528.